The smallest absolute Gasteiger partial charge is 0.333 e. The van der Waals surface area contributed by atoms with Crippen molar-refractivity contribution in [2.45, 2.75) is 39.2 Å². The van der Waals surface area contributed by atoms with Crippen LogP contribution in [0.5, 0.6) is 5.75 Å². The molecule has 7 heteroatoms. The molecule has 0 aliphatic carbocycles. The third-order valence-corrected chi connectivity index (χ3v) is 2.85. The number of nitrogens with one attached hydrogen (secondary N) is 1. The van der Waals surface area contributed by atoms with E-state index in [1.165, 1.54) is 12.1 Å². The molecule has 0 aromatic heterocycles. The Morgan fingerprint density at radius 2 is 2.14 bits per heavy atom. The number of nitro groups is 1. The Labute approximate surface area is 123 Å². The first-order chi connectivity index (χ1) is 10.0. The minimum Gasteiger partial charge on any atom is -0.487 e. The molecule has 1 unspecified atom stereocenters. The molecule has 1 aromatic carbocycles. The third-order valence-electron chi connectivity index (χ3n) is 2.85. The fraction of sp³-hybridized carbons (Fsp3) is 0.500. The number of anilines is 1. The van der Waals surface area contributed by atoms with E-state index in [2.05, 4.69) is 5.32 Å². The van der Waals surface area contributed by atoms with Gasteiger partial charge in [-0.2, -0.15) is 0 Å². The fourth-order valence-electron chi connectivity index (χ4n) is 1.89. The van der Waals surface area contributed by atoms with Crippen molar-refractivity contribution in [2.24, 2.45) is 0 Å². The van der Waals surface area contributed by atoms with E-state index in [-0.39, 0.29) is 17.1 Å². The van der Waals surface area contributed by atoms with Crippen molar-refractivity contribution in [3.8, 4) is 5.75 Å². The number of nitrogens with zero attached hydrogens (tertiary/aromatic N) is 1. The van der Waals surface area contributed by atoms with Crippen molar-refractivity contribution in [3.05, 3.63) is 28.3 Å². The zero-order valence-electron chi connectivity index (χ0n) is 12.2. The number of aliphatic carboxylic acids is 1. The van der Waals surface area contributed by atoms with Crippen molar-refractivity contribution in [1.29, 1.82) is 0 Å². The Bertz CT molecular complexity index is 504. The predicted octanol–water partition coefficient (Wildman–Crippen LogP) is 3.05. The van der Waals surface area contributed by atoms with Gasteiger partial charge in [0.05, 0.1) is 11.5 Å². The summed E-state index contributed by atoms with van der Waals surface area (Å²) >= 11 is 0. The summed E-state index contributed by atoms with van der Waals surface area (Å²) < 4.78 is 5.36. The van der Waals surface area contributed by atoms with Gasteiger partial charge in [-0.3, -0.25) is 10.1 Å². The second-order valence-electron chi connectivity index (χ2n) is 4.58. The summed E-state index contributed by atoms with van der Waals surface area (Å²) in [5.41, 5.74) is -0.0669. The lowest BCUT2D eigenvalue weighted by Gasteiger charge is -2.16. The van der Waals surface area contributed by atoms with Crippen LogP contribution in [0.25, 0.3) is 0 Å². The number of carbonyl (C=O) groups is 1. The number of para-hydroxylation sites is 1. The topological polar surface area (TPSA) is 102 Å². The molecule has 0 aliphatic heterocycles. The molecule has 0 radical (unpaired) electrons. The van der Waals surface area contributed by atoms with E-state index in [0.717, 1.165) is 6.42 Å². The Kier molecular flexibility index (Phi) is 6.45. The lowest BCUT2D eigenvalue weighted by molar-refractivity contribution is -0.385. The molecule has 116 valence electrons. The van der Waals surface area contributed by atoms with Gasteiger partial charge in [0.15, 0.2) is 5.75 Å². The summed E-state index contributed by atoms with van der Waals surface area (Å²) in [6.45, 7) is 4.12. The molecule has 0 bridgehead atoms. The minimum absolute atomic E-state index is 0.146. The zero-order chi connectivity index (χ0) is 15.8. The van der Waals surface area contributed by atoms with Gasteiger partial charge in [-0.1, -0.05) is 26.3 Å². The molecule has 1 rings (SSSR count). The van der Waals surface area contributed by atoms with Crippen LogP contribution in [0.3, 0.4) is 0 Å². The van der Waals surface area contributed by atoms with Crippen LogP contribution >= 0.6 is 0 Å². The molecular weight excluding hydrogens is 276 g/mol. The third kappa shape index (κ3) is 4.62. The average Bonchev–Trinajstić information content (AvgIpc) is 2.44. The number of carboxylic acid groups (broad SMARTS) is 1. The summed E-state index contributed by atoms with van der Waals surface area (Å²) in [4.78, 5) is 21.9. The lowest BCUT2D eigenvalue weighted by atomic mass is 10.1. The number of hydrogen-bond acceptors (Lipinski definition) is 5. The molecule has 1 aromatic rings. The van der Waals surface area contributed by atoms with Gasteiger partial charge in [-0.05, 0) is 25.0 Å². The zero-order valence-corrected chi connectivity index (χ0v) is 12.2. The highest BCUT2D eigenvalue weighted by molar-refractivity contribution is 5.80. The van der Waals surface area contributed by atoms with E-state index >= 15 is 0 Å². The summed E-state index contributed by atoms with van der Waals surface area (Å²) in [6, 6.07) is 3.73. The van der Waals surface area contributed by atoms with Crippen LogP contribution in [-0.4, -0.2) is 28.6 Å². The Morgan fingerprint density at radius 1 is 1.43 bits per heavy atom. The van der Waals surface area contributed by atoms with Crippen molar-refractivity contribution >= 4 is 17.3 Å². The van der Waals surface area contributed by atoms with E-state index < -0.39 is 16.9 Å². The monoisotopic (exact) mass is 296 g/mol. The van der Waals surface area contributed by atoms with Gasteiger partial charge in [0.2, 0.25) is 0 Å². The van der Waals surface area contributed by atoms with Gasteiger partial charge in [0.1, 0.15) is 11.7 Å². The number of benzene rings is 1. The number of nitro benzene ring substituents is 1. The lowest BCUT2D eigenvalue weighted by Crippen LogP contribution is -2.29. The normalized spacial score (nSPS) is 11.7. The van der Waals surface area contributed by atoms with Crippen LogP contribution in [-0.2, 0) is 4.79 Å². The highest BCUT2D eigenvalue weighted by Gasteiger charge is 2.25. The molecule has 0 aliphatic rings. The van der Waals surface area contributed by atoms with Gasteiger partial charge in [-0.25, -0.2) is 4.79 Å². The molecule has 0 amide bonds. The maximum Gasteiger partial charge on any atom is 0.333 e. The Hall–Kier alpha value is -2.31. The van der Waals surface area contributed by atoms with Crippen LogP contribution in [0.1, 0.15) is 33.1 Å². The molecular formula is C14H20N2O5. The van der Waals surface area contributed by atoms with Gasteiger partial charge in [0.25, 0.3) is 0 Å². The highest BCUT2D eigenvalue weighted by Crippen LogP contribution is 2.35. The van der Waals surface area contributed by atoms with Crippen molar-refractivity contribution < 1.29 is 19.6 Å². The van der Waals surface area contributed by atoms with Crippen LogP contribution in [0, 0.1) is 10.1 Å². The summed E-state index contributed by atoms with van der Waals surface area (Å²) in [5, 5.41) is 23.1. The van der Waals surface area contributed by atoms with E-state index in [0.29, 0.717) is 19.4 Å². The maximum atomic E-state index is 11.3. The number of rotatable bonds is 9. The number of ether oxygens (including phenoxy) is 1. The summed E-state index contributed by atoms with van der Waals surface area (Å²) in [5.74, 6) is -0.890. The van der Waals surface area contributed by atoms with Crippen LogP contribution < -0.4 is 10.1 Å². The standard InChI is InChI=1S/C14H20N2O5/c1-3-6-11(14(17)18)15-10-7-5-8-12(21-9-4-2)13(10)16(19)20/h5,7-8,11,15H,3-4,6,9H2,1-2H3,(H,17,18). The average molecular weight is 296 g/mol. The van der Waals surface area contributed by atoms with Crippen LogP contribution in [0.2, 0.25) is 0 Å². The quantitative estimate of drug-likeness (QED) is 0.536. The van der Waals surface area contributed by atoms with Gasteiger partial charge >= 0.3 is 11.7 Å². The molecule has 0 saturated carbocycles. The molecule has 7 nitrogen and oxygen atoms in total. The van der Waals surface area contributed by atoms with Crippen LogP contribution in [0.15, 0.2) is 18.2 Å². The Balaban J connectivity index is 3.10. The molecule has 0 saturated heterocycles. The second-order valence-corrected chi connectivity index (χ2v) is 4.58. The van der Waals surface area contributed by atoms with Gasteiger partial charge in [-0.15, -0.1) is 0 Å². The number of carboxylic acids is 1. The van der Waals surface area contributed by atoms with Gasteiger partial charge < -0.3 is 15.2 Å². The molecule has 21 heavy (non-hydrogen) atoms. The van der Waals surface area contributed by atoms with E-state index in [1.807, 2.05) is 13.8 Å². The molecule has 2 N–H and O–H groups in total. The van der Waals surface area contributed by atoms with Gasteiger partial charge in [0, 0.05) is 0 Å². The van der Waals surface area contributed by atoms with E-state index in [4.69, 9.17) is 9.84 Å². The van der Waals surface area contributed by atoms with E-state index in [1.54, 1.807) is 6.07 Å². The number of hydrogen-bond donors (Lipinski definition) is 2. The summed E-state index contributed by atoms with van der Waals surface area (Å²) in [7, 11) is 0. The molecule has 1 atom stereocenters. The Morgan fingerprint density at radius 3 is 2.67 bits per heavy atom. The largest absolute Gasteiger partial charge is 0.487 e. The summed E-state index contributed by atoms with van der Waals surface area (Å²) in [6.07, 6.45) is 1.76. The van der Waals surface area contributed by atoms with Crippen molar-refractivity contribution in [2.75, 3.05) is 11.9 Å². The first-order valence-electron chi connectivity index (χ1n) is 6.90. The van der Waals surface area contributed by atoms with Crippen molar-refractivity contribution in [1.82, 2.24) is 0 Å². The first-order valence-corrected chi connectivity index (χ1v) is 6.90. The maximum absolute atomic E-state index is 11.3. The predicted molar refractivity (Wildman–Crippen MR) is 78.8 cm³/mol. The van der Waals surface area contributed by atoms with Crippen LogP contribution in [0.4, 0.5) is 11.4 Å². The molecule has 0 heterocycles. The minimum atomic E-state index is -1.04. The highest BCUT2D eigenvalue weighted by atomic mass is 16.6. The fourth-order valence-corrected chi connectivity index (χ4v) is 1.89. The second kappa shape index (κ2) is 8.08. The first kappa shape index (κ1) is 16.7. The van der Waals surface area contributed by atoms with Crippen molar-refractivity contribution in [3.63, 3.8) is 0 Å². The SMILES string of the molecule is CCCOc1cccc(NC(CCC)C(=O)O)c1[N+](=O)[O-]. The van der Waals surface area contributed by atoms with E-state index in [9.17, 15) is 14.9 Å². The molecule has 0 fully saturated rings. The molecule has 0 spiro atoms.